The van der Waals surface area contributed by atoms with Crippen LogP contribution in [0.4, 0.5) is 23.3 Å². The molecule has 18 heavy (non-hydrogen) atoms. The van der Waals surface area contributed by atoms with Crippen molar-refractivity contribution in [1.29, 1.82) is 0 Å². The van der Waals surface area contributed by atoms with E-state index >= 15 is 0 Å². The maximum absolute atomic E-state index is 5.55. The summed E-state index contributed by atoms with van der Waals surface area (Å²) in [5.74, 6) is 1.22. The Labute approximate surface area is 110 Å². The summed E-state index contributed by atoms with van der Waals surface area (Å²) in [5, 5.41) is 0.837. The van der Waals surface area contributed by atoms with Crippen LogP contribution >= 0.6 is 21.6 Å². The maximum Gasteiger partial charge on any atom is 0.202 e. The second kappa shape index (κ2) is 5.14. The molecule has 0 radical (unpaired) electrons. The number of nitrogens with two attached hydrogens (primary N) is 4. The monoisotopic (exact) mass is 282 g/mol. The van der Waals surface area contributed by atoms with E-state index in [0.717, 1.165) is 0 Å². The zero-order valence-corrected chi connectivity index (χ0v) is 10.7. The van der Waals surface area contributed by atoms with Crippen molar-refractivity contribution >= 4 is 44.9 Å². The maximum atomic E-state index is 5.55. The number of nitrogens with zero attached hydrogens (tertiary/aromatic N) is 4. The third-order valence-corrected chi connectivity index (χ3v) is 3.57. The van der Waals surface area contributed by atoms with Crippen molar-refractivity contribution < 1.29 is 0 Å². The van der Waals surface area contributed by atoms with E-state index in [1.807, 2.05) is 0 Å². The largest absolute Gasteiger partial charge is 0.383 e. The summed E-state index contributed by atoms with van der Waals surface area (Å²) < 4.78 is 0. The Hall–Kier alpha value is -1.94. The van der Waals surface area contributed by atoms with Gasteiger partial charge in [0.2, 0.25) is 10.3 Å². The van der Waals surface area contributed by atoms with E-state index in [2.05, 4.69) is 19.9 Å². The molecule has 0 spiro atoms. The van der Waals surface area contributed by atoms with E-state index in [4.69, 9.17) is 22.9 Å². The van der Waals surface area contributed by atoms with Crippen molar-refractivity contribution in [3.8, 4) is 0 Å². The lowest BCUT2D eigenvalue weighted by Crippen LogP contribution is -1.99. The number of rotatable bonds is 3. The van der Waals surface area contributed by atoms with Crippen LogP contribution in [0.2, 0.25) is 0 Å². The number of hydrogen-bond donors (Lipinski definition) is 4. The Bertz CT molecular complexity index is 483. The molecule has 94 valence electrons. The summed E-state index contributed by atoms with van der Waals surface area (Å²) >= 11 is 0. The fraction of sp³-hybridized carbons (Fsp3) is 0. The highest BCUT2D eigenvalue weighted by Crippen LogP contribution is 2.34. The number of nitrogen functional groups attached to an aromatic ring is 4. The van der Waals surface area contributed by atoms with E-state index in [9.17, 15) is 0 Å². The zero-order chi connectivity index (χ0) is 13.1. The van der Waals surface area contributed by atoms with Gasteiger partial charge < -0.3 is 22.9 Å². The minimum Gasteiger partial charge on any atom is -0.383 e. The molecule has 10 heteroatoms. The van der Waals surface area contributed by atoms with Crippen LogP contribution in [0.25, 0.3) is 0 Å². The lowest BCUT2D eigenvalue weighted by atomic mass is 10.5. The third-order valence-electron chi connectivity index (χ3n) is 1.68. The van der Waals surface area contributed by atoms with Gasteiger partial charge in [-0.3, -0.25) is 0 Å². The van der Waals surface area contributed by atoms with E-state index in [0.29, 0.717) is 33.6 Å². The Kier molecular flexibility index (Phi) is 3.58. The quantitative estimate of drug-likeness (QED) is 0.458. The Balaban J connectivity index is 2.11. The molecule has 0 bridgehead atoms. The minimum absolute atomic E-state index is 0.304. The molecular weight excluding hydrogens is 272 g/mol. The van der Waals surface area contributed by atoms with Crippen LogP contribution in [-0.4, -0.2) is 19.9 Å². The molecule has 0 aromatic carbocycles. The Morgan fingerprint density at radius 2 is 0.889 bits per heavy atom. The molecule has 2 aromatic rings. The standard InChI is InChI=1S/C8H10N8S2/c9-3-1-4(10)14-7(13-3)17-18-8-15-5(11)2-6(12)16-8/h1-2H,(H4,9,10,13,14)(H4,11,12,15,16). The normalized spacial score (nSPS) is 10.4. The van der Waals surface area contributed by atoms with Gasteiger partial charge in [0.1, 0.15) is 23.3 Å². The van der Waals surface area contributed by atoms with Crippen molar-refractivity contribution in [2.75, 3.05) is 22.9 Å². The van der Waals surface area contributed by atoms with Crippen LogP contribution < -0.4 is 22.9 Å². The molecule has 0 aliphatic rings. The predicted octanol–water partition coefficient (Wildman–Crippen LogP) is 0.395. The second-order valence-corrected chi connectivity index (χ2v) is 5.23. The first-order chi connectivity index (χ1) is 8.52. The van der Waals surface area contributed by atoms with Gasteiger partial charge in [-0.05, 0) is 21.6 Å². The molecule has 0 fully saturated rings. The van der Waals surface area contributed by atoms with Gasteiger partial charge in [0, 0.05) is 12.1 Å². The fourth-order valence-electron chi connectivity index (χ4n) is 1.07. The Morgan fingerprint density at radius 1 is 0.611 bits per heavy atom. The summed E-state index contributed by atoms with van der Waals surface area (Å²) in [4.78, 5) is 16.0. The van der Waals surface area contributed by atoms with Crippen LogP contribution in [-0.2, 0) is 0 Å². The van der Waals surface area contributed by atoms with Crippen LogP contribution in [0, 0.1) is 0 Å². The summed E-state index contributed by atoms with van der Waals surface area (Å²) in [6.07, 6.45) is 0. The molecule has 2 heterocycles. The highest BCUT2D eigenvalue weighted by molar-refractivity contribution is 8.76. The molecule has 0 aliphatic heterocycles. The Morgan fingerprint density at radius 3 is 1.17 bits per heavy atom. The van der Waals surface area contributed by atoms with Crippen molar-refractivity contribution in [1.82, 2.24) is 19.9 Å². The van der Waals surface area contributed by atoms with Gasteiger partial charge in [0.15, 0.2) is 0 Å². The van der Waals surface area contributed by atoms with Crippen LogP contribution in [0.3, 0.4) is 0 Å². The summed E-state index contributed by atoms with van der Waals surface area (Å²) in [5.41, 5.74) is 22.2. The lowest BCUT2D eigenvalue weighted by Gasteiger charge is -2.02. The van der Waals surface area contributed by atoms with E-state index in [-0.39, 0.29) is 0 Å². The predicted molar refractivity (Wildman–Crippen MR) is 73.4 cm³/mol. The molecule has 0 aliphatic carbocycles. The SMILES string of the molecule is Nc1cc(N)nc(SSc2nc(N)cc(N)n2)n1. The van der Waals surface area contributed by atoms with Gasteiger partial charge in [-0.2, -0.15) is 0 Å². The van der Waals surface area contributed by atoms with Crippen molar-refractivity contribution in [2.45, 2.75) is 10.3 Å². The summed E-state index contributed by atoms with van der Waals surface area (Å²) in [7, 11) is 2.44. The minimum atomic E-state index is 0.304. The van der Waals surface area contributed by atoms with Crippen molar-refractivity contribution in [2.24, 2.45) is 0 Å². The molecule has 0 atom stereocenters. The molecule has 0 amide bonds. The number of anilines is 4. The molecule has 8 N–H and O–H groups in total. The number of hydrogen-bond acceptors (Lipinski definition) is 10. The topological polar surface area (TPSA) is 156 Å². The van der Waals surface area contributed by atoms with Crippen molar-refractivity contribution in [3.05, 3.63) is 12.1 Å². The van der Waals surface area contributed by atoms with Gasteiger partial charge in [-0.1, -0.05) is 0 Å². The van der Waals surface area contributed by atoms with Gasteiger partial charge in [-0.15, -0.1) is 0 Å². The first-order valence-corrected chi connectivity index (χ1v) is 6.82. The molecule has 0 unspecified atom stereocenters. The second-order valence-electron chi connectivity index (χ2n) is 3.17. The van der Waals surface area contributed by atoms with E-state index < -0.39 is 0 Å². The molecule has 2 rings (SSSR count). The zero-order valence-electron chi connectivity index (χ0n) is 9.07. The molecular formula is C8H10N8S2. The van der Waals surface area contributed by atoms with Gasteiger partial charge in [-0.25, -0.2) is 19.9 Å². The number of aromatic nitrogens is 4. The molecule has 8 nitrogen and oxygen atoms in total. The van der Waals surface area contributed by atoms with Crippen LogP contribution in [0.5, 0.6) is 0 Å². The third kappa shape index (κ3) is 3.28. The summed E-state index contributed by atoms with van der Waals surface area (Å²) in [6.45, 7) is 0. The highest BCUT2D eigenvalue weighted by atomic mass is 33.1. The van der Waals surface area contributed by atoms with E-state index in [1.165, 1.54) is 33.7 Å². The molecule has 2 aromatic heterocycles. The fourth-order valence-corrected chi connectivity index (χ4v) is 2.69. The van der Waals surface area contributed by atoms with Gasteiger partial charge in [0.05, 0.1) is 0 Å². The average molecular weight is 282 g/mol. The van der Waals surface area contributed by atoms with Crippen LogP contribution in [0.15, 0.2) is 22.4 Å². The molecule has 0 saturated carbocycles. The van der Waals surface area contributed by atoms with Crippen LogP contribution in [0.1, 0.15) is 0 Å². The smallest absolute Gasteiger partial charge is 0.202 e. The first kappa shape index (κ1) is 12.5. The highest BCUT2D eigenvalue weighted by Gasteiger charge is 2.06. The lowest BCUT2D eigenvalue weighted by molar-refractivity contribution is 0.984. The van der Waals surface area contributed by atoms with Crippen molar-refractivity contribution in [3.63, 3.8) is 0 Å². The first-order valence-electron chi connectivity index (χ1n) is 4.67. The van der Waals surface area contributed by atoms with Gasteiger partial charge >= 0.3 is 0 Å². The average Bonchev–Trinajstić information content (AvgIpc) is 2.23. The van der Waals surface area contributed by atoms with E-state index in [1.54, 1.807) is 0 Å². The van der Waals surface area contributed by atoms with Gasteiger partial charge in [0.25, 0.3) is 0 Å². The summed E-state index contributed by atoms with van der Waals surface area (Å²) in [6, 6.07) is 2.95. The molecule has 0 saturated heterocycles.